The molecule has 0 saturated carbocycles. The number of hydrogen-bond acceptors (Lipinski definition) is 3. The van der Waals surface area contributed by atoms with Gasteiger partial charge in [-0.2, -0.15) is 0 Å². The second-order valence-electron chi connectivity index (χ2n) is 5.88. The summed E-state index contributed by atoms with van der Waals surface area (Å²) in [6, 6.07) is 5.43. The number of rotatable bonds is 4. The van der Waals surface area contributed by atoms with Gasteiger partial charge in [0, 0.05) is 19.1 Å². The predicted molar refractivity (Wildman–Crippen MR) is 87.2 cm³/mol. The van der Waals surface area contributed by atoms with Gasteiger partial charge in [0.1, 0.15) is 5.82 Å². The number of piperidine rings is 1. The Hall–Kier alpha value is -1.67. The number of hydrogen-bond donors (Lipinski definition) is 2. The van der Waals surface area contributed by atoms with Crippen molar-refractivity contribution in [3.05, 3.63) is 30.1 Å². The Morgan fingerprint density at radius 2 is 1.87 bits per heavy atom. The molecular weight excluding hydrogens is 321 g/mol. The Kier molecular flexibility index (Phi) is 5.59. The predicted octanol–water partition coefficient (Wildman–Crippen LogP) is 2.15. The van der Waals surface area contributed by atoms with Crippen molar-refractivity contribution in [3.63, 3.8) is 0 Å². The molecule has 2 rings (SSSR count). The van der Waals surface area contributed by atoms with Gasteiger partial charge in [0.2, 0.25) is 10.0 Å². The summed E-state index contributed by atoms with van der Waals surface area (Å²) < 4.78 is 39.9. The minimum Gasteiger partial charge on any atom is -0.324 e. The van der Waals surface area contributed by atoms with Crippen molar-refractivity contribution in [1.29, 1.82) is 0 Å². The molecule has 2 amide bonds. The molecule has 0 spiro atoms. The molecule has 1 aromatic rings. The van der Waals surface area contributed by atoms with Crippen LogP contribution in [0.2, 0.25) is 0 Å². The lowest BCUT2D eigenvalue weighted by Gasteiger charge is -2.32. The summed E-state index contributed by atoms with van der Waals surface area (Å²) in [5, 5.41) is 2.05. The average molecular weight is 343 g/mol. The Labute approximate surface area is 136 Å². The number of halogens is 1. The molecule has 23 heavy (non-hydrogen) atoms. The third-order valence-electron chi connectivity index (χ3n) is 3.85. The van der Waals surface area contributed by atoms with Gasteiger partial charge in [-0.25, -0.2) is 22.3 Å². The molecule has 1 aliphatic rings. The number of anilines is 1. The van der Waals surface area contributed by atoms with Crippen LogP contribution in [0.1, 0.15) is 26.7 Å². The standard InChI is InChI=1S/C15H22FN3O3S/c1-11(2)23(21,22)18-12-7-9-19(10-8-12)15(20)17-14-6-4-3-5-13(14)16/h3-6,11-12,18H,7-10H2,1-2H3,(H,17,20). The number of carbonyl (C=O) groups is 1. The van der Waals surface area contributed by atoms with Crippen LogP contribution >= 0.6 is 0 Å². The summed E-state index contributed by atoms with van der Waals surface area (Å²) in [5.41, 5.74) is 0.139. The van der Waals surface area contributed by atoms with Crippen LogP contribution in [-0.2, 0) is 10.0 Å². The third kappa shape index (κ3) is 4.65. The van der Waals surface area contributed by atoms with E-state index < -0.39 is 21.1 Å². The number of nitrogens with zero attached hydrogens (tertiary/aromatic N) is 1. The van der Waals surface area contributed by atoms with E-state index in [4.69, 9.17) is 0 Å². The highest BCUT2D eigenvalue weighted by Gasteiger charge is 2.27. The molecule has 0 bridgehead atoms. The minimum atomic E-state index is -3.31. The SMILES string of the molecule is CC(C)S(=O)(=O)NC1CCN(C(=O)Nc2ccccc2F)CC1. The molecule has 6 nitrogen and oxygen atoms in total. The molecule has 0 aromatic heterocycles. The summed E-state index contributed by atoms with van der Waals surface area (Å²) in [6.07, 6.45) is 1.08. The number of urea groups is 1. The molecule has 8 heteroatoms. The van der Waals surface area contributed by atoms with E-state index >= 15 is 0 Å². The van der Waals surface area contributed by atoms with Crippen molar-refractivity contribution in [2.75, 3.05) is 18.4 Å². The molecule has 1 heterocycles. The van der Waals surface area contributed by atoms with Crippen LogP contribution in [0.4, 0.5) is 14.9 Å². The number of sulfonamides is 1. The van der Waals surface area contributed by atoms with Crippen molar-refractivity contribution in [3.8, 4) is 0 Å². The number of benzene rings is 1. The summed E-state index contributed by atoms with van der Waals surface area (Å²) in [6.45, 7) is 4.09. The van der Waals surface area contributed by atoms with Gasteiger partial charge in [0.15, 0.2) is 0 Å². The Bertz CT molecular complexity index is 656. The van der Waals surface area contributed by atoms with E-state index in [1.807, 2.05) is 0 Å². The monoisotopic (exact) mass is 343 g/mol. The zero-order chi connectivity index (χ0) is 17.0. The van der Waals surface area contributed by atoms with Crippen LogP contribution in [0.15, 0.2) is 24.3 Å². The van der Waals surface area contributed by atoms with Crippen LogP contribution in [-0.4, -0.2) is 43.7 Å². The highest BCUT2D eigenvalue weighted by molar-refractivity contribution is 7.90. The second-order valence-corrected chi connectivity index (χ2v) is 8.15. The maximum atomic E-state index is 13.5. The summed E-state index contributed by atoms with van der Waals surface area (Å²) in [4.78, 5) is 13.7. The molecule has 0 atom stereocenters. The summed E-state index contributed by atoms with van der Waals surface area (Å²) in [5.74, 6) is -0.486. The van der Waals surface area contributed by atoms with Crippen molar-refractivity contribution in [2.45, 2.75) is 38.0 Å². The van der Waals surface area contributed by atoms with E-state index in [9.17, 15) is 17.6 Å². The molecule has 0 unspecified atom stereocenters. The van der Waals surface area contributed by atoms with Gasteiger partial charge in [-0.05, 0) is 38.8 Å². The van der Waals surface area contributed by atoms with Gasteiger partial charge in [0.25, 0.3) is 0 Å². The van der Waals surface area contributed by atoms with Crippen LogP contribution < -0.4 is 10.0 Å². The number of carbonyl (C=O) groups excluding carboxylic acids is 1. The largest absolute Gasteiger partial charge is 0.324 e. The van der Waals surface area contributed by atoms with Crippen LogP contribution in [0.5, 0.6) is 0 Å². The Morgan fingerprint density at radius 3 is 2.43 bits per heavy atom. The normalized spacial score (nSPS) is 16.6. The van der Waals surface area contributed by atoms with Gasteiger partial charge >= 0.3 is 6.03 Å². The first-order valence-electron chi connectivity index (χ1n) is 7.61. The number of amides is 2. The van der Waals surface area contributed by atoms with E-state index in [0.717, 1.165) is 0 Å². The van der Waals surface area contributed by atoms with E-state index in [0.29, 0.717) is 25.9 Å². The molecule has 128 valence electrons. The fourth-order valence-electron chi connectivity index (χ4n) is 2.33. The van der Waals surface area contributed by atoms with Crippen molar-refractivity contribution in [1.82, 2.24) is 9.62 Å². The number of para-hydroxylation sites is 1. The molecule has 1 aliphatic heterocycles. The van der Waals surface area contributed by atoms with Crippen molar-refractivity contribution >= 4 is 21.7 Å². The highest BCUT2D eigenvalue weighted by atomic mass is 32.2. The van der Waals surface area contributed by atoms with Gasteiger partial charge in [-0.3, -0.25) is 0 Å². The number of nitrogens with one attached hydrogen (secondary N) is 2. The lowest BCUT2D eigenvalue weighted by Crippen LogP contribution is -2.48. The summed E-state index contributed by atoms with van der Waals surface area (Å²) in [7, 11) is -3.31. The van der Waals surface area contributed by atoms with Crippen molar-refractivity contribution in [2.24, 2.45) is 0 Å². The smallest absolute Gasteiger partial charge is 0.321 e. The van der Waals surface area contributed by atoms with Crippen molar-refractivity contribution < 1.29 is 17.6 Å². The van der Waals surface area contributed by atoms with E-state index in [-0.39, 0.29) is 17.8 Å². The van der Waals surface area contributed by atoms with E-state index in [1.54, 1.807) is 30.9 Å². The molecule has 1 aromatic carbocycles. The second kappa shape index (κ2) is 7.27. The highest BCUT2D eigenvalue weighted by Crippen LogP contribution is 2.16. The third-order valence-corrected chi connectivity index (χ3v) is 5.75. The van der Waals surface area contributed by atoms with Gasteiger partial charge in [-0.1, -0.05) is 12.1 Å². The first-order chi connectivity index (χ1) is 10.8. The average Bonchev–Trinajstić information content (AvgIpc) is 2.49. The maximum Gasteiger partial charge on any atom is 0.321 e. The van der Waals surface area contributed by atoms with Gasteiger partial charge in [-0.15, -0.1) is 0 Å². The molecule has 2 N–H and O–H groups in total. The molecule has 0 aliphatic carbocycles. The Morgan fingerprint density at radius 1 is 1.26 bits per heavy atom. The Balaban J connectivity index is 1.87. The first kappa shape index (κ1) is 17.7. The lowest BCUT2D eigenvalue weighted by atomic mass is 10.1. The molecule has 1 saturated heterocycles. The van der Waals surface area contributed by atoms with Crippen LogP contribution in [0, 0.1) is 5.82 Å². The zero-order valence-corrected chi connectivity index (χ0v) is 14.1. The molecule has 1 fully saturated rings. The van der Waals surface area contributed by atoms with Crippen LogP contribution in [0.25, 0.3) is 0 Å². The van der Waals surface area contributed by atoms with E-state index in [2.05, 4.69) is 10.0 Å². The minimum absolute atomic E-state index is 0.139. The molecule has 0 radical (unpaired) electrons. The fraction of sp³-hybridized carbons (Fsp3) is 0.533. The fourth-order valence-corrected chi connectivity index (χ4v) is 3.30. The zero-order valence-electron chi connectivity index (χ0n) is 13.3. The first-order valence-corrected chi connectivity index (χ1v) is 9.16. The van der Waals surface area contributed by atoms with Gasteiger partial charge in [0.05, 0.1) is 10.9 Å². The topological polar surface area (TPSA) is 78.5 Å². The molecular formula is C15H22FN3O3S. The van der Waals surface area contributed by atoms with E-state index in [1.165, 1.54) is 12.1 Å². The maximum absolute atomic E-state index is 13.5. The van der Waals surface area contributed by atoms with Crippen LogP contribution in [0.3, 0.4) is 0 Å². The summed E-state index contributed by atoms with van der Waals surface area (Å²) >= 11 is 0. The lowest BCUT2D eigenvalue weighted by molar-refractivity contribution is 0.193. The quantitative estimate of drug-likeness (QED) is 0.879. The van der Waals surface area contributed by atoms with Gasteiger partial charge < -0.3 is 10.2 Å². The number of likely N-dealkylation sites (tertiary alicyclic amines) is 1.